The lowest BCUT2D eigenvalue weighted by atomic mass is 10.4. The van der Waals surface area contributed by atoms with Crippen molar-refractivity contribution in [1.82, 2.24) is 9.97 Å². The third-order valence-electron chi connectivity index (χ3n) is 2.52. The molecule has 0 spiro atoms. The predicted octanol–water partition coefficient (Wildman–Crippen LogP) is 0.985. The second kappa shape index (κ2) is 8.66. The molecule has 0 aromatic carbocycles. The van der Waals surface area contributed by atoms with Gasteiger partial charge in [-0.25, -0.2) is 4.98 Å². The van der Waals surface area contributed by atoms with Gasteiger partial charge in [-0.15, -0.1) is 0 Å². The normalized spacial score (nSPS) is 10.5. The summed E-state index contributed by atoms with van der Waals surface area (Å²) in [4.78, 5) is 10.9. The van der Waals surface area contributed by atoms with Gasteiger partial charge >= 0.3 is 0 Å². The Bertz CT molecular complexity index is 374. The van der Waals surface area contributed by atoms with E-state index in [1.807, 2.05) is 17.9 Å². The van der Waals surface area contributed by atoms with E-state index < -0.39 is 0 Å². The smallest absolute Gasteiger partial charge is 0.228 e. The minimum atomic E-state index is 0.548. The topological polar surface area (TPSA) is 73.5 Å². The lowest BCUT2D eigenvalue weighted by Gasteiger charge is -2.22. The summed E-state index contributed by atoms with van der Waals surface area (Å²) in [7, 11) is 1.67. The Balaban J connectivity index is 2.84. The molecule has 0 saturated heterocycles. The fourth-order valence-corrected chi connectivity index (χ4v) is 1.62. The molecule has 1 rings (SSSR count). The molecular weight excluding hydrogens is 244 g/mol. The van der Waals surface area contributed by atoms with Gasteiger partial charge in [-0.3, -0.25) is 0 Å². The summed E-state index contributed by atoms with van der Waals surface area (Å²) in [6.07, 6.45) is 0.953. The molecule has 6 heteroatoms. The van der Waals surface area contributed by atoms with Gasteiger partial charge in [0.05, 0.1) is 13.2 Å². The van der Waals surface area contributed by atoms with Gasteiger partial charge in [0.25, 0.3) is 0 Å². The van der Waals surface area contributed by atoms with Gasteiger partial charge in [0.15, 0.2) is 0 Å². The lowest BCUT2D eigenvalue weighted by molar-refractivity contribution is 0.205. The van der Waals surface area contributed by atoms with E-state index in [2.05, 4.69) is 16.9 Å². The second-order valence-electron chi connectivity index (χ2n) is 4.26. The highest BCUT2D eigenvalue weighted by molar-refractivity contribution is 5.34. The average Bonchev–Trinajstić information content (AvgIpc) is 2.40. The average molecular weight is 268 g/mol. The van der Waals surface area contributed by atoms with Crippen LogP contribution in [-0.2, 0) is 4.74 Å². The van der Waals surface area contributed by atoms with E-state index >= 15 is 0 Å². The van der Waals surface area contributed by atoms with Gasteiger partial charge in [0.2, 0.25) is 11.8 Å². The van der Waals surface area contributed by atoms with Crippen molar-refractivity contribution in [2.45, 2.75) is 20.3 Å². The third-order valence-corrected chi connectivity index (χ3v) is 2.52. The van der Waals surface area contributed by atoms with Gasteiger partial charge in [-0.05, 0) is 13.3 Å². The Morgan fingerprint density at radius 1 is 1.26 bits per heavy atom. The van der Waals surface area contributed by atoms with E-state index in [9.17, 15) is 0 Å². The van der Waals surface area contributed by atoms with Crippen LogP contribution in [0, 0.1) is 6.92 Å². The molecule has 0 saturated carbocycles. The van der Waals surface area contributed by atoms with Crippen molar-refractivity contribution >= 4 is 5.95 Å². The summed E-state index contributed by atoms with van der Waals surface area (Å²) in [5, 5.41) is 0. The number of ether oxygens (including phenoxy) is 2. The maximum atomic E-state index is 5.63. The highest BCUT2D eigenvalue weighted by Gasteiger charge is 2.11. The summed E-state index contributed by atoms with van der Waals surface area (Å²) in [6.45, 7) is 7.22. The van der Waals surface area contributed by atoms with Crippen molar-refractivity contribution in [3.8, 4) is 5.88 Å². The summed E-state index contributed by atoms with van der Waals surface area (Å²) >= 11 is 0. The molecule has 108 valence electrons. The molecule has 1 aromatic heterocycles. The largest absolute Gasteiger partial charge is 0.478 e. The van der Waals surface area contributed by atoms with E-state index in [-0.39, 0.29) is 0 Å². The highest BCUT2D eigenvalue weighted by atomic mass is 16.5. The first kappa shape index (κ1) is 15.7. The van der Waals surface area contributed by atoms with Crippen molar-refractivity contribution < 1.29 is 9.47 Å². The summed E-state index contributed by atoms with van der Waals surface area (Å²) in [5.74, 6) is 1.26. The number of hydrogen-bond acceptors (Lipinski definition) is 6. The molecule has 1 aromatic rings. The van der Waals surface area contributed by atoms with Gasteiger partial charge in [0, 0.05) is 38.5 Å². The number of aromatic nitrogens is 2. The van der Waals surface area contributed by atoms with Crippen LogP contribution in [0.4, 0.5) is 5.95 Å². The minimum absolute atomic E-state index is 0.548. The summed E-state index contributed by atoms with van der Waals surface area (Å²) in [6, 6.07) is 1.84. The van der Waals surface area contributed by atoms with Crippen LogP contribution in [-0.4, -0.2) is 49.9 Å². The number of hydrogen-bond donors (Lipinski definition) is 1. The Morgan fingerprint density at radius 2 is 2.05 bits per heavy atom. The Morgan fingerprint density at radius 3 is 2.68 bits per heavy atom. The van der Waals surface area contributed by atoms with Crippen LogP contribution in [0.15, 0.2) is 6.07 Å². The Hall–Kier alpha value is -1.40. The number of aryl methyl sites for hydroxylation is 1. The fourth-order valence-electron chi connectivity index (χ4n) is 1.62. The molecule has 0 bridgehead atoms. The van der Waals surface area contributed by atoms with Crippen LogP contribution >= 0.6 is 0 Å². The van der Waals surface area contributed by atoms with E-state index in [0.29, 0.717) is 44.7 Å². The molecule has 2 N–H and O–H groups in total. The summed E-state index contributed by atoms with van der Waals surface area (Å²) < 4.78 is 10.7. The van der Waals surface area contributed by atoms with Crippen LogP contribution in [0.1, 0.15) is 19.0 Å². The standard InChI is InChI=1S/C13H24N4O2/c1-4-8-19-12-10-11(2)15-13(16-12)17(6-5-14)7-9-18-3/h10H,4-9,14H2,1-3H3. The Kier molecular flexibility index (Phi) is 7.14. The van der Waals surface area contributed by atoms with Gasteiger partial charge < -0.3 is 20.1 Å². The number of nitrogens with two attached hydrogens (primary N) is 1. The molecule has 6 nitrogen and oxygen atoms in total. The molecule has 19 heavy (non-hydrogen) atoms. The quantitative estimate of drug-likeness (QED) is 0.720. The molecular formula is C13H24N4O2. The van der Waals surface area contributed by atoms with Gasteiger partial charge in [-0.1, -0.05) is 6.92 Å². The Labute approximate surface area is 114 Å². The molecule has 0 atom stereocenters. The van der Waals surface area contributed by atoms with Crippen LogP contribution in [0.5, 0.6) is 5.88 Å². The molecule has 0 aliphatic heterocycles. The molecule has 0 aliphatic rings. The van der Waals surface area contributed by atoms with E-state index in [4.69, 9.17) is 15.2 Å². The minimum Gasteiger partial charge on any atom is -0.478 e. The van der Waals surface area contributed by atoms with Crippen molar-refractivity contribution in [2.75, 3.05) is 44.9 Å². The number of anilines is 1. The number of rotatable bonds is 9. The van der Waals surface area contributed by atoms with Crippen molar-refractivity contribution in [1.29, 1.82) is 0 Å². The third kappa shape index (κ3) is 5.40. The second-order valence-corrected chi connectivity index (χ2v) is 4.26. The molecule has 0 aliphatic carbocycles. The van der Waals surface area contributed by atoms with E-state index in [1.54, 1.807) is 7.11 Å². The van der Waals surface area contributed by atoms with Crippen LogP contribution < -0.4 is 15.4 Å². The summed E-state index contributed by atoms with van der Waals surface area (Å²) in [5.41, 5.74) is 6.51. The van der Waals surface area contributed by atoms with Gasteiger partial charge in [-0.2, -0.15) is 4.98 Å². The monoisotopic (exact) mass is 268 g/mol. The SMILES string of the molecule is CCCOc1cc(C)nc(N(CCN)CCOC)n1. The highest BCUT2D eigenvalue weighted by Crippen LogP contribution is 2.15. The number of methoxy groups -OCH3 is 1. The maximum absolute atomic E-state index is 5.63. The molecule has 0 fully saturated rings. The van der Waals surface area contributed by atoms with Crippen molar-refractivity contribution in [2.24, 2.45) is 5.73 Å². The van der Waals surface area contributed by atoms with Crippen LogP contribution in [0.3, 0.4) is 0 Å². The first-order chi connectivity index (χ1) is 9.21. The van der Waals surface area contributed by atoms with Crippen molar-refractivity contribution in [3.05, 3.63) is 11.8 Å². The predicted molar refractivity (Wildman–Crippen MR) is 75.7 cm³/mol. The molecule has 0 unspecified atom stereocenters. The fraction of sp³-hybridized carbons (Fsp3) is 0.692. The number of nitrogens with zero attached hydrogens (tertiary/aromatic N) is 3. The maximum Gasteiger partial charge on any atom is 0.228 e. The zero-order chi connectivity index (χ0) is 14.1. The molecule has 0 amide bonds. The van der Waals surface area contributed by atoms with Crippen LogP contribution in [0.25, 0.3) is 0 Å². The zero-order valence-electron chi connectivity index (χ0n) is 12.1. The van der Waals surface area contributed by atoms with Crippen LogP contribution in [0.2, 0.25) is 0 Å². The lowest BCUT2D eigenvalue weighted by Crippen LogP contribution is -2.34. The van der Waals surface area contributed by atoms with E-state index in [1.165, 1.54) is 0 Å². The molecule has 0 radical (unpaired) electrons. The first-order valence-corrected chi connectivity index (χ1v) is 6.63. The zero-order valence-corrected chi connectivity index (χ0v) is 12.1. The van der Waals surface area contributed by atoms with Gasteiger partial charge in [0.1, 0.15) is 0 Å². The first-order valence-electron chi connectivity index (χ1n) is 6.63. The van der Waals surface area contributed by atoms with Crippen molar-refractivity contribution in [3.63, 3.8) is 0 Å². The molecule has 1 heterocycles. The van der Waals surface area contributed by atoms with E-state index in [0.717, 1.165) is 12.1 Å².